The van der Waals surface area contributed by atoms with Crippen molar-refractivity contribution in [3.63, 3.8) is 0 Å². The summed E-state index contributed by atoms with van der Waals surface area (Å²) in [6, 6.07) is 6.37. The van der Waals surface area contributed by atoms with E-state index in [1.807, 2.05) is 13.8 Å². The van der Waals surface area contributed by atoms with E-state index in [4.69, 9.17) is 18.9 Å². The number of hydrogen-bond acceptors (Lipinski definition) is 9. The summed E-state index contributed by atoms with van der Waals surface area (Å²) >= 11 is 0. The minimum absolute atomic E-state index is 0.0928. The molecule has 1 aliphatic rings. The van der Waals surface area contributed by atoms with Crippen LogP contribution >= 0.6 is 0 Å². The molecule has 0 saturated carbocycles. The molecular weight excluding hydrogens is 480 g/mol. The summed E-state index contributed by atoms with van der Waals surface area (Å²) in [5.41, 5.74) is 1.78. The van der Waals surface area contributed by atoms with E-state index in [1.54, 1.807) is 18.2 Å². The Labute approximate surface area is 216 Å². The van der Waals surface area contributed by atoms with Gasteiger partial charge in [0.25, 0.3) is 0 Å². The van der Waals surface area contributed by atoms with Gasteiger partial charge in [0.2, 0.25) is 6.10 Å². The number of aliphatic hydroxyl groups is 1. The maximum Gasteiger partial charge on any atom is 0.347 e. The van der Waals surface area contributed by atoms with Crippen LogP contribution in [0.3, 0.4) is 0 Å². The second-order valence-electron chi connectivity index (χ2n) is 8.95. The number of aromatic hydroxyl groups is 1. The zero-order valence-electron chi connectivity index (χ0n) is 21.7. The van der Waals surface area contributed by atoms with Crippen LogP contribution in [0.25, 0.3) is 0 Å². The van der Waals surface area contributed by atoms with Crippen LogP contribution in [0.4, 0.5) is 0 Å². The first-order valence-electron chi connectivity index (χ1n) is 12.4. The van der Waals surface area contributed by atoms with Gasteiger partial charge in [-0.2, -0.15) is 0 Å². The molecule has 37 heavy (non-hydrogen) atoms. The number of rotatable bonds is 12. The predicted octanol–water partition coefficient (Wildman–Crippen LogP) is 3.83. The van der Waals surface area contributed by atoms with E-state index < -0.39 is 18.2 Å². The minimum Gasteiger partial charge on any atom is -0.507 e. The molecule has 0 spiro atoms. The van der Waals surface area contributed by atoms with Crippen LogP contribution < -0.4 is 14.2 Å². The Morgan fingerprint density at radius 3 is 2.22 bits per heavy atom. The molecule has 9 heteroatoms. The van der Waals surface area contributed by atoms with Gasteiger partial charge in [-0.25, -0.2) is 4.79 Å². The second kappa shape index (κ2) is 12.6. The Morgan fingerprint density at radius 1 is 1.03 bits per heavy atom. The van der Waals surface area contributed by atoms with Crippen LogP contribution in [-0.2, 0) is 22.4 Å². The molecule has 2 aromatic rings. The summed E-state index contributed by atoms with van der Waals surface area (Å²) in [4.78, 5) is 36.4. The number of carbonyl (C=O) groups is 3. The third kappa shape index (κ3) is 6.40. The number of aliphatic hydroxyl groups excluding tert-OH is 1. The summed E-state index contributed by atoms with van der Waals surface area (Å²) in [6.07, 6.45) is 0.391. The highest BCUT2D eigenvalue weighted by molar-refractivity contribution is 6.03. The molecule has 9 nitrogen and oxygen atoms in total. The van der Waals surface area contributed by atoms with Crippen LogP contribution in [0.2, 0.25) is 0 Å². The topological polar surface area (TPSA) is 129 Å². The second-order valence-corrected chi connectivity index (χ2v) is 8.95. The molecule has 2 atom stereocenters. The number of phenols is 1. The molecule has 2 aromatic carbocycles. The Bertz CT molecular complexity index is 1150. The molecular formula is C28H34O9. The predicted molar refractivity (Wildman–Crippen MR) is 135 cm³/mol. The van der Waals surface area contributed by atoms with Crippen molar-refractivity contribution in [3.05, 3.63) is 46.5 Å². The largest absolute Gasteiger partial charge is 0.507 e. The molecule has 0 amide bonds. The van der Waals surface area contributed by atoms with Crippen LogP contribution in [-0.4, -0.2) is 60.3 Å². The van der Waals surface area contributed by atoms with E-state index >= 15 is 0 Å². The van der Waals surface area contributed by atoms with Crippen molar-refractivity contribution in [1.82, 2.24) is 0 Å². The van der Waals surface area contributed by atoms with Gasteiger partial charge in [0, 0.05) is 11.1 Å². The number of hydrogen-bond donors (Lipinski definition) is 2. The lowest BCUT2D eigenvalue weighted by molar-refractivity contribution is -0.149. The first-order chi connectivity index (χ1) is 17.7. The Balaban J connectivity index is 1.73. The molecule has 0 aromatic heterocycles. The average Bonchev–Trinajstić information content (AvgIpc) is 2.87. The Kier molecular flexibility index (Phi) is 9.52. The molecule has 3 rings (SSSR count). The highest BCUT2D eigenvalue weighted by Gasteiger charge is 2.34. The SMILES string of the molecule is CCCc1c(OCC(O)COc2ccc3c(c2CCC)OC(C(=O)OC)CC3=O)ccc(C(C)=O)c1O. The van der Waals surface area contributed by atoms with E-state index in [1.165, 1.54) is 20.1 Å². The van der Waals surface area contributed by atoms with Gasteiger partial charge >= 0.3 is 5.97 Å². The summed E-state index contributed by atoms with van der Waals surface area (Å²) in [5.74, 6) is -0.0391. The quantitative estimate of drug-likeness (QED) is 0.321. The van der Waals surface area contributed by atoms with Gasteiger partial charge < -0.3 is 29.2 Å². The summed E-state index contributed by atoms with van der Waals surface area (Å²) in [5, 5.41) is 21.0. The third-order valence-electron chi connectivity index (χ3n) is 6.09. The van der Waals surface area contributed by atoms with E-state index in [0.29, 0.717) is 46.8 Å². The number of Topliss-reactive ketones (excluding diaryl/α,β-unsaturated/α-hetero) is 2. The molecule has 200 valence electrons. The van der Waals surface area contributed by atoms with Crippen molar-refractivity contribution in [3.8, 4) is 23.0 Å². The summed E-state index contributed by atoms with van der Waals surface area (Å²) < 4.78 is 22.3. The number of ether oxygens (including phenoxy) is 4. The molecule has 1 aliphatic heterocycles. The standard InChI is InChI=1S/C28H34O9/c1-5-7-20-23(11-9-18(16(3)29)26(20)32)35-14-17(30)15-36-24-12-10-19-22(31)13-25(28(33)34-4)37-27(19)21(24)8-6-2/h9-12,17,25,30,32H,5-8,13-15H2,1-4H3. The van der Waals surface area contributed by atoms with Crippen LogP contribution in [0.15, 0.2) is 24.3 Å². The van der Waals surface area contributed by atoms with Gasteiger partial charge in [0.15, 0.2) is 11.6 Å². The number of fused-ring (bicyclic) bond motifs is 1. The zero-order valence-corrected chi connectivity index (χ0v) is 21.7. The van der Waals surface area contributed by atoms with Gasteiger partial charge in [-0.15, -0.1) is 0 Å². The number of carbonyl (C=O) groups excluding carboxylic acids is 3. The van der Waals surface area contributed by atoms with Gasteiger partial charge in [-0.05, 0) is 44.0 Å². The van der Waals surface area contributed by atoms with Crippen molar-refractivity contribution in [2.45, 2.75) is 65.1 Å². The lowest BCUT2D eigenvalue weighted by Crippen LogP contribution is -2.35. The fraction of sp³-hybridized carbons (Fsp3) is 0.464. The van der Waals surface area contributed by atoms with E-state index in [9.17, 15) is 24.6 Å². The molecule has 0 fully saturated rings. The monoisotopic (exact) mass is 514 g/mol. The molecule has 0 bridgehead atoms. The summed E-state index contributed by atoms with van der Waals surface area (Å²) in [7, 11) is 1.24. The van der Waals surface area contributed by atoms with Crippen LogP contribution in [0.5, 0.6) is 23.0 Å². The Hall–Kier alpha value is -3.59. The Morgan fingerprint density at radius 2 is 1.62 bits per heavy atom. The number of ketones is 2. The molecule has 2 unspecified atom stereocenters. The van der Waals surface area contributed by atoms with Crippen molar-refractivity contribution in [2.24, 2.45) is 0 Å². The zero-order chi connectivity index (χ0) is 27.1. The van der Waals surface area contributed by atoms with E-state index in [0.717, 1.165) is 12.8 Å². The average molecular weight is 515 g/mol. The fourth-order valence-electron chi connectivity index (χ4n) is 4.26. The maximum atomic E-state index is 12.6. The first-order valence-corrected chi connectivity index (χ1v) is 12.4. The van der Waals surface area contributed by atoms with E-state index in [2.05, 4.69) is 0 Å². The normalized spacial score (nSPS) is 15.4. The van der Waals surface area contributed by atoms with Gasteiger partial charge in [-0.3, -0.25) is 9.59 Å². The highest BCUT2D eigenvalue weighted by atomic mass is 16.6. The van der Waals surface area contributed by atoms with Crippen molar-refractivity contribution < 1.29 is 43.5 Å². The van der Waals surface area contributed by atoms with Crippen molar-refractivity contribution in [2.75, 3.05) is 20.3 Å². The first kappa shape index (κ1) is 28.0. The minimum atomic E-state index is -1.02. The number of phenolic OH excluding ortho intramolecular Hbond substituents is 1. The lowest BCUT2D eigenvalue weighted by atomic mass is 9.95. The number of benzene rings is 2. The molecule has 0 aliphatic carbocycles. The van der Waals surface area contributed by atoms with Gasteiger partial charge in [0.1, 0.15) is 42.3 Å². The third-order valence-corrected chi connectivity index (χ3v) is 6.09. The molecule has 1 heterocycles. The lowest BCUT2D eigenvalue weighted by Gasteiger charge is -2.27. The summed E-state index contributed by atoms with van der Waals surface area (Å²) in [6.45, 7) is 5.09. The molecule has 2 N–H and O–H groups in total. The van der Waals surface area contributed by atoms with Crippen molar-refractivity contribution in [1.29, 1.82) is 0 Å². The molecule has 0 saturated heterocycles. The fourth-order valence-corrected chi connectivity index (χ4v) is 4.26. The smallest absolute Gasteiger partial charge is 0.347 e. The van der Waals surface area contributed by atoms with Crippen LogP contribution in [0.1, 0.15) is 71.9 Å². The number of methoxy groups -OCH3 is 1. The number of esters is 1. The van der Waals surface area contributed by atoms with E-state index in [-0.39, 0.29) is 42.5 Å². The molecule has 0 radical (unpaired) electrons. The highest BCUT2D eigenvalue weighted by Crippen LogP contribution is 2.38. The van der Waals surface area contributed by atoms with Gasteiger partial charge in [0.05, 0.1) is 24.7 Å². The van der Waals surface area contributed by atoms with Crippen molar-refractivity contribution >= 4 is 17.5 Å². The maximum absolute atomic E-state index is 12.6. The van der Waals surface area contributed by atoms with Gasteiger partial charge in [-0.1, -0.05) is 26.7 Å². The van der Waals surface area contributed by atoms with Crippen LogP contribution in [0, 0.1) is 0 Å².